The van der Waals surface area contributed by atoms with E-state index in [4.69, 9.17) is 8.83 Å². The highest BCUT2D eigenvalue weighted by Crippen LogP contribution is 2.31. The maximum Gasteiger partial charge on any atom is 0.345 e. The molecule has 2 heterocycles. The number of benzene rings is 3. The quantitative estimate of drug-likeness (QED) is 0.299. The molecule has 0 radical (unpaired) electrons. The van der Waals surface area contributed by atoms with E-state index in [1.165, 1.54) is 0 Å². The van der Waals surface area contributed by atoms with E-state index in [9.17, 15) is 9.59 Å². The molecule has 0 saturated heterocycles. The molecule has 3 aromatic carbocycles. The van der Waals surface area contributed by atoms with Crippen LogP contribution in [-0.4, -0.2) is 0 Å². The zero-order valence-electron chi connectivity index (χ0n) is 14.3. The van der Waals surface area contributed by atoms with Crippen LogP contribution >= 0.6 is 0 Å². The van der Waals surface area contributed by atoms with Crippen molar-refractivity contribution in [2.45, 2.75) is 13.8 Å². The van der Waals surface area contributed by atoms with Crippen molar-refractivity contribution in [3.8, 4) is 0 Å². The Balaban J connectivity index is 2.09. The summed E-state index contributed by atoms with van der Waals surface area (Å²) in [6, 6.07) is 15.1. The molecular formula is C22H14O4. The Labute approximate surface area is 147 Å². The SMILES string of the molecule is Cc1ccc2c(c1)oc(=O)c1c2ccc2c3ccc(C)cc3oc(=O)c21. The van der Waals surface area contributed by atoms with Gasteiger partial charge in [0.15, 0.2) is 0 Å². The number of aryl methyl sites for hydroxylation is 2. The smallest absolute Gasteiger partial charge is 0.345 e. The van der Waals surface area contributed by atoms with Gasteiger partial charge < -0.3 is 8.83 Å². The molecule has 0 aliphatic rings. The number of hydrogen-bond donors (Lipinski definition) is 0. The molecule has 0 fully saturated rings. The summed E-state index contributed by atoms with van der Waals surface area (Å²) in [6.07, 6.45) is 0. The van der Waals surface area contributed by atoms with Crippen LogP contribution in [0.4, 0.5) is 0 Å². The third-order valence-corrected chi connectivity index (χ3v) is 4.87. The fourth-order valence-corrected chi connectivity index (χ4v) is 3.65. The molecule has 0 aliphatic heterocycles. The summed E-state index contributed by atoms with van der Waals surface area (Å²) in [6.45, 7) is 3.87. The van der Waals surface area contributed by atoms with Crippen LogP contribution in [0.2, 0.25) is 0 Å². The predicted octanol–water partition coefficient (Wildman–Crippen LogP) is 4.82. The Hall–Kier alpha value is -3.40. The zero-order chi connectivity index (χ0) is 18.0. The van der Waals surface area contributed by atoms with Crippen molar-refractivity contribution < 1.29 is 8.83 Å². The van der Waals surface area contributed by atoms with E-state index in [0.717, 1.165) is 21.9 Å². The second kappa shape index (κ2) is 5.05. The first-order valence-corrected chi connectivity index (χ1v) is 8.36. The van der Waals surface area contributed by atoms with Gasteiger partial charge in [0.2, 0.25) is 0 Å². The Morgan fingerprint density at radius 1 is 0.577 bits per heavy atom. The van der Waals surface area contributed by atoms with E-state index in [0.29, 0.717) is 21.9 Å². The fraction of sp³-hybridized carbons (Fsp3) is 0.0909. The van der Waals surface area contributed by atoms with Crippen LogP contribution in [0.3, 0.4) is 0 Å². The molecule has 5 aromatic rings. The van der Waals surface area contributed by atoms with Crippen LogP contribution in [0.5, 0.6) is 0 Å². The molecule has 0 bridgehead atoms. The van der Waals surface area contributed by atoms with Gasteiger partial charge in [-0.15, -0.1) is 0 Å². The van der Waals surface area contributed by atoms with Crippen molar-refractivity contribution in [2.75, 3.05) is 0 Å². The van der Waals surface area contributed by atoms with E-state index >= 15 is 0 Å². The molecule has 2 aromatic heterocycles. The predicted molar refractivity (Wildman–Crippen MR) is 103 cm³/mol. The minimum absolute atomic E-state index is 0.273. The Bertz CT molecular complexity index is 1370. The van der Waals surface area contributed by atoms with Gasteiger partial charge in [0.25, 0.3) is 0 Å². The van der Waals surface area contributed by atoms with Crippen molar-refractivity contribution >= 4 is 43.5 Å². The molecule has 0 unspecified atom stereocenters. The summed E-state index contributed by atoms with van der Waals surface area (Å²) in [5.74, 6) is 0. The average Bonchev–Trinajstić information content (AvgIpc) is 2.60. The highest BCUT2D eigenvalue weighted by molar-refractivity contribution is 6.19. The molecule has 0 spiro atoms. The van der Waals surface area contributed by atoms with Crippen LogP contribution in [0, 0.1) is 13.8 Å². The summed E-state index contributed by atoms with van der Waals surface area (Å²) >= 11 is 0. The lowest BCUT2D eigenvalue weighted by atomic mass is 9.99. The number of hydrogen-bond acceptors (Lipinski definition) is 4. The van der Waals surface area contributed by atoms with E-state index in [1.807, 2.05) is 62.4 Å². The standard InChI is InChI=1S/C22H14O4/c1-11-3-5-13-15-7-8-16-14-6-4-12(2)10-18(14)26-22(24)20(16)19(15)21(23)25-17(13)9-11/h3-10H,1-2H3. The van der Waals surface area contributed by atoms with Crippen molar-refractivity contribution in [3.05, 3.63) is 80.5 Å². The minimum Gasteiger partial charge on any atom is -0.422 e. The van der Waals surface area contributed by atoms with E-state index in [-0.39, 0.29) is 10.8 Å². The van der Waals surface area contributed by atoms with Crippen LogP contribution in [0.1, 0.15) is 11.1 Å². The first-order chi connectivity index (χ1) is 12.5. The second-order valence-electron chi connectivity index (χ2n) is 6.69. The van der Waals surface area contributed by atoms with Crippen molar-refractivity contribution in [1.82, 2.24) is 0 Å². The first-order valence-electron chi connectivity index (χ1n) is 8.36. The molecule has 126 valence electrons. The average molecular weight is 342 g/mol. The van der Waals surface area contributed by atoms with Crippen LogP contribution < -0.4 is 11.3 Å². The second-order valence-corrected chi connectivity index (χ2v) is 6.69. The molecule has 0 N–H and O–H groups in total. The van der Waals surface area contributed by atoms with E-state index in [1.54, 1.807) is 0 Å². The molecule has 26 heavy (non-hydrogen) atoms. The number of fused-ring (bicyclic) bond motifs is 7. The van der Waals surface area contributed by atoms with Gasteiger partial charge in [-0.1, -0.05) is 36.4 Å². The lowest BCUT2D eigenvalue weighted by Gasteiger charge is -2.08. The zero-order valence-corrected chi connectivity index (χ0v) is 14.3. The van der Waals surface area contributed by atoms with Gasteiger partial charge in [-0.25, -0.2) is 9.59 Å². The van der Waals surface area contributed by atoms with E-state index in [2.05, 4.69) is 0 Å². The van der Waals surface area contributed by atoms with Crippen molar-refractivity contribution in [3.63, 3.8) is 0 Å². The van der Waals surface area contributed by atoms with Crippen molar-refractivity contribution in [2.24, 2.45) is 0 Å². The topological polar surface area (TPSA) is 60.4 Å². The molecule has 0 amide bonds. The van der Waals surface area contributed by atoms with Gasteiger partial charge in [-0.05, 0) is 37.1 Å². The molecular weight excluding hydrogens is 328 g/mol. The van der Waals surface area contributed by atoms with Crippen LogP contribution in [0.15, 0.2) is 67.0 Å². The molecule has 5 rings (SSSR count). The largest absolute Gasteiger partial charge is 0.422 e. The molecule has 4 heteroatoms. The molecule has 0 aliphatic carbocycles. The Morgan fingerprint density at radius 2 is 0.962 bits per heavy atom. The first kappa shape index (κ1) is 14.9. The fourth-order valence-electron chi connectivity index (χ4n) is 3.65. The van der Waals surface area contributed by atoms with E-state index < -0.39 is 11.3 Å². The van der Waals surface area contributed by atoms with Crippen molar-refractivity contribution in [1.29, 1.82) is 0 Å². The van der Waals surface area contributed by atoms with Gasteiger partial charge in [-0.3, -0.25) is 0 Å². The van der Waals surface area contributed by atoms with Gasteiger partial charge >= 0.3 is 11.3 Å². The Morgan fingerprint density at radius 3 is 1.38 bits per heavy atom. The maximum atomic E-state index is 12.7. The lowest BCUT2D eigenvalue weighted by Crippen LogP contribution is -2.08. The van der Waals surface area contributed by atoms with Gasteiger partial charge in [0, 0.05) is 21.5 Å². The molecule has 0 atom stereocenters. The number of rotatable bonds is 0. The Kier molecular flexibility index (Phi) is 2.89. The van der Waals surface area contributed by atoms with Gasteiger partial charge in [-0.2, -0.15) is 0 Å². The monoisotopic (exact) mass is 342 g/mol. The summed E-state index contributed by atoms with van der Waals surface area (Å²) < 4.78 is 11.0. The van der Waals surface area contributed by atoms with Crippen LogP contribution in [-0.2, 0) is 0 Å². The third kappa shape index (κ3) is 1.96. The van der Waals surface area contributed by atoms with Gasteiger partial charge in [0.1, 0.15) is 11.2 Å². The highest BCUT2D eigenvalue weighted by Gasteiger charge is 2.16. The minimum atomic E-state index is -0.525. The lowest BCUT2D eigenvalue weighted by molar-refractivity contribution is 0.564. The summed E-state index contributed by atoms with van der Waals surface area (Å²) in [5.41, 5.74) is 1.98. The van der Waals surface area contributed by atoms with Crippen LogP contribution in [0.25, 0.3) is 43.5 Å². The normalized spacial score (nSPS) is 11.8. The van der Waals surface area contributed by atoms with Gasteiger partial charge in [0.05, 0.1) is 10.8 Å². The molecule has 4 nitrogen and oxygen atoms in total. The summed E-state index contributed by atoms with van der Waals surface area (Å²) in [4.78, 5) is 25.4. The maximum absolute atomic E-state index is 12.7. The molecule has 0 saturated carbocycles. The third-order valence-electron chi connectivity index (χ3n) is 4.87. The highest BCUT2D eigenvalue weighted by atomic mass is 16.4. The summed E-state index contributed by atoms with van der Waals surface area (Å²) in [5, 5.41) is 3.54. The summed E-state index contributed by atoms with van der Waals surface area (Å²) in [7, 11) is 0.